The van der Waals surface area contributed by atoms with Gasteiger partial charge in [0.05, 0.1) is 0 Å². The van der Waals surface area contributed by atoms with E-state index >= 15 is 0 Å². The second-order valence-corrected chi connectivity index (χ2v) is 6.63. The van der Waals surface area contributed by atoms with Crippen LogP contribution in [-0.4, -0.2) is 27.5 Å². The van der Waals surface area contributed by atoms with E-state index in [0.29, 0.717) is 6.54 Å². The molecule has 1 heterocycles. The largest absolute Gasteiger partial charge is 0.315 e. The molecule has 2 N–H and O–H groups in total. The predicted octanol–water partition coefficient (Wildman–Crippen LogP) is 1.55. The molecule has 1 aromatic carbocycles. The predicted molar refractivity (Wildman–Crippen MR) is 72.0 cm³/mol. The standard InChI is InChI=1S/C13H19FN2O2S/c1-10-5-6-12(14)13(8-10)19(17,18)16-11-4-2-3-7-15-9-11/h5-6,8,11,15-16H,2-4,7,9H2,1H3. The van der Waals surface area contributed by atoms with E-state index in [1.165, 1.54) is 12.1 Å². The first-order chi connectivity index (χ1) is 8.99. The molecule has 1 aliphatic heterocycles. The Labute approximate surface area is 113 Å². The summed E-state index contributed by atoms with van der Waals surface area (Å²) in [5.74, 6) is -0.709. The summed E-state index contributed by atoms with van der Waals surface area (Å²) >= 11 is 0. The molecule has 1 fully saturated rings. The molecule has 0 spiro atoms. The highest BCUT2D eigenvalue weighted by Gasteiger charge is 2.23. The third kappa shape index (κ3) is 3.75. The summed E-state index contributed by atoms with van der Waals surface area (Å²) in [4.78, 5) is -0.267. The molecule has 0 aliphatic carbocycles. The number of aryl methyl sites for hydroxylation is 1. The highest BCUT2D eigenvalue weighted by atomic mass is 32.2. The number of hydrogen-bond acceptors (Lipinski definition) is 3. The zero-order valence-electron chi connectivity index (χ0n) is 10.9. The van der Waals surface area contributed by atoms with Crippen molar-refractivity contribution < 1.29 is 12.8 Å². The summed E-state index contributed by atoms with van der Waals surface area (Å²) in [6.07, 6.45) is 2.78. The van der Waals surface area contributed by atoms with Gasteiger partial charge in [-0.15, -0.1) is 0 Å². The smallest absolute Gasteiger partial charge is 0.243 e. The minimum Gasteiger partial charge on any atom is -0.315 e. The topological polar surface area (TPSA) is 58.2 Å². The Hall–Kier alpha value is -0.980. The van der Waals surface area contributed by atoms with E-state index in [9.17, 15) is 12.8 Å². The van der Waals surface area contributed by atoms with Gasteiger partial charge in [-0.3, -0.25) is 0 Å². The molecular weight excluding hydrogens is 267 g/mol. The average Bonchev–Trinajstić information content (AvgIpc) is 2.60. The van der Waals surface area contributed by atoms with Gasteiger partial charge < -0.3 is 5.32 Å². The van der Waals surface area contributed by atoms with Gasteiger partial charge in [0, 0.05) is 12.6 Å². The number of nitrogens with one attached hydrogen (secondary N) is 2. The minimum absolute atomic E-state index is 0.174. The number of hydrogen-bond donors (Lipinski definition) is 2. The van der Waals surface area contributed by atoms with E-state index < -0.39 is 15.8 Å². The van der Waals surface area contributed by atoms with Gasteiger partial charge in [0.25, 0.3) is 0 Å². The van der Waals surface area contributed by atoms with Crippen LogP contribution >= 0.6 is 0 Å². The zero-order valence-corrected chi connectivity index (χ0v) is 11.8. The van der Waals surface area contributed by atoms with Gasteiger partial charge in [-0.1, -0.05) is 12.5 Å². The van der Waals surface area contributed by atoms with E-state index in [2.05, 4.69) is 10.0 Å². The molecule has 2 rings (SSSR count). The molecule has 0 amide bonds. The van der Waals surface area contributed by atoms with Crippen molar-refractivity contribution in [3.05, 3.63) is 29.6 Å². The molecule has 0 radical (unpaired) electrons. The maximum absolute atomic E-state index is 13.7. The first-order valence-corrected chi connectivity index (χ1v) is 7.96. The van der Waals surface area contributed by atoms with Crippen molar-refractivity contribution >= 4 is 10.0 Å². The highest BCUT2D eigenvalue weighted by molar-refractivity contribution is 7.89. The maximum Gasteiger partial charge on any atom is 0.243 e. The quantitative estimate of drug-likeness (QED) is 0.886. The van der Waals surface area contributed by atoms with Gasteiger partial charge in [0.15, 0.2) is 0 Å². The van der Waals surface area contributed by atoms with E-state index in [-0.39, 0.29) is 10.9 Å². The Kier molecular flexibility index (Phi) is 4.54. The SMILES string of the molecule is Cc1ccc(F)c(S(=O)(=O)NC2CCCCNC2)c1. The summed E-state index contributed by atoms with van der Waals surface area (Å²) < 4.78 is 40.7. The lowest BCUT2D eigenvalue weighted by Crippen LogP contribution is -2.41. The molecule has 4 nitrogen and oxygen atoms in total. The van der Waals surface area contributed by atoms with Crippen LogP contribution in [0.3, 0.4) is 0 Å². The van der Waals surface area contributed by atoms with Crippen LogP contribution in [0, 0.1) is 12.7 Å². The Morgan fingerprint density at radius 1 is 1.37 bits per heavy atom. The lowest BCUT2D eigenvalue weighted by Gasteiger charge is -2.17. The van der Waals surface area contributed by atoms with Crippen LogP contribution in [0.2, 0.25) is 0 Å². The maximum atomic E-state index is 13.7. The van der Waals surface area contributed by atoms with Crippen LogP contribution in [0.25, 0.3) is 0 Å². The molecule has 1 unspecified atom stereocenters. The third-order valence-electron chi connectivity index (χ3n) is 3.24. The highest BCUT2D eigenvalue weighted by Crippen LogP contribution is 2.17. The molecule has 0 aromatic heterocycles. The molecule has 1 aromatic rings. The monoisotopic (exact) mass is 286 g/mol. The minimum atomic E-state index is -3.79. The van der Waals surface area contributed by atoms with E-state index in [1.807, 2.05) is 0 Å². The van der Waals surface area contributed by atoms with Crippen LogP contribution in [0.5, 0.6) is 0 Å². The second-order valence-electron chi connectivity index (χ2n) is 4.95. The lowest BCUT2D eigenvalue weighted by molar-refractivity contribution is 0.513. The van der Waals surface area contributed by atoms with Crippen molar-refractivity contribution in [1.29, 1.82) is 0 Å². The Morgan fingerprint density at radius 2 is 2.16 bits per heavy atom. The van der Waals surface area contributed by atoms with Crippen LogP contribution in [0.4, 0.5) is 4.39 Å². The summed E-state index contributed by atoms with van der Waals surface area (Å²) in [5, 5.41) is 3.18. The summed E-state index contributed by atoms with van der Waals surface area (Å²) in [7, 11) is -3.79. The second kappa shape index (κ2) is 5.98. The summed E-state index contributed by atoms with van der Waals surface area (Å²) in [6, 6.07) is 3.94. The Bertz CT molecular complexity index is 538. The Balaban J connectivity index is 2.19. The number of benzene rings is 1. The zero-order chi connectivity index (χ0) is 13.9. The fourth-order valence-electron chi connectivity index (χ4n) is 2.22. The third-order valence-corrected chi connectivity index (χ3v) is 4.78. The molecule has 0 bridgehead atoms. The van der Waals surface area contributed by atoms with Crippen LogP contribution in [0.15, 0.2) is 23.1 Å². The van der Waals surface area contributed by atoms with Crippen molar-refractivity contribution in [2.75, 3.05) is 13.1 Å². The van der Waals surface area contributed by atoms with E-state index in [1.54, 1.807) is 13.0 Å². The van der Waals surface area contributed by atoms with Gasteiger partial charge in [0.1, 0.15) is 10.7 Å². The molecule has 1 aliphatic rings. The average molecular weight is 286 g/mol. The molecule has 0 saturated carbocycles. The van der Waals surface area contributed by atoms with E-state index in [4.69, 9.17) is 0 Å². The van der Waals surface area contributed by atoms with Gasteiger partial charge in [-0.05, 0) is 44.0 Å². The van der Waals surface area contributed by atoms with Crippen molar-refractivity contribution in [2.45, 2.75) is 37.1 Å². The fraction of sp³-hybridized carbons (Fsp3) is 0.538. The first-order valence-electron chi connectivity index (χ1n) is 6.48. The molecule has 19 heavy (non-hydrogen) atoms. The lowest BCUT2D eigenvalue weighted by atomic mass is 10.2. The first kappa shape index (κ1) is 14.4. The van der Waals surface area contributed by atoms with E-state index in [0.717, 1.165) is 31.4 Å². The van der Waals surface area contributed by atoms with Crippen molar-refractivity contribution in [3.63, 3.8) is 0 Å². The molecule has 106 valence electrons. The number of sulfonamides is 1. The number of rotatable bonds is 3. The van der Waals surface area contributed by atoms with Crippen molar-refractivity contribution in [3.8, 4) is 0 Å². The van der Waals surface area contributed by atoms with Gasteiger partial charge in [0.2, 0.25) is 10.0 Å². The number of halogens is 1. The van der Waals surface area contributed by atoms with Crippen molar-refractivity contribution in [1.82, 2.24) is 10.0 Å². The normalized spacial score (nSPS) is 21.1. The Morgan fingerprint density at radius 3 is 2.95 bits per heavy atom. The summed E-state index contributed by atoms with van der Waals surface area (Å²) in [6.45, 7) is 3.23. The van der Waals surface area contributed by atoms with Crippen molar-refractivity contribution in [2.24, 2.45) is 0 Å². The van der Waals surface area contributed by atoms with Crippen LogP contribution in [-0.2, 0) is 10.0 Å². The van der Waals surface area contributed by atoms with Gasteiger partial charge in [-0.25, -0.2) is 17.5 Å². The van der Waals surface area contributed by atoms with Crippen LogP contribution in [0.1, 0.15) is 24.8 Å². The molecule has 6 heteroatoms. The molecule has 1 saturated heterocycles. The summed E-state index contributed by atoms with van der Waals surface area (Å²) in [5.41, 5.74) is 0.723. The van der Waals surface area contributed by atoms with Crippen LogP contribution < -0.4 is 10.0 Å². The van der Waals surface area contributed by atoms with Gasteiger partial charge in [-0.2, -0.15) is 0 Å². The molecular formula is C13H19FN2O2S. The van der Waals surface area contributed by atoms with Gasteiger partial charge >= 0.3 is 0 Å². The molecule has 1 atom stereocenters. The fourth-order valence-corrected chi connectivity index (χ4v) is 3.65.